The number of nitrogens with zero attached hydrogens (tertiary/aromatic N) is 2. The monoisotopic (exact) mass is 204 g/mol. The fourth-order valence-electron chi connectivity index (χ4n) is 1.42. The van der Waals surface area contributed by atoms with Crippen molar-refractivity contribution >= 4 is 12.1 Å². The highest BCUT2D eigenvalue weighted by molar-refractivity contribution is 7.94. The Bertz CT molecular complexity index is 131. The van der Waals surface area contributed by atoms with Crippen molar-refractivity contribution in [1.82, 2.24) is 8.61 Å². The Morgan fingerprint density at radius 3 is 1.46 bits per heavy atom. The van der Waals surface area contributed by atoms with Gasteiger partial charge >= 0.3 is 0 Å². The van der Waals surface area contributed by atoms with Crippen LogP contribution in [0.25, 0.3) is 0 Å². The van der Waals surface area contributed by atoms with Gasteiger partial charge in [0.05, 0.1) is 26.4 Å². The van der Waals surface area contributed by atoms with E-state index in [1.807, 2.05) is 12.1 Å². The van der Waals surface area contributed by atoms with Crippen LogP contribution in [0, 0.1) is 0 Å². The van der Waals surface area contributed by atoms with Crippen LogP contribution in [0.4, 0.5) is 0 Å². The van der Waals surface area contributed by atoms with Crippen molar-refractivity contribution in [3.8, 4) is 0 Å². The zero-order valence-electron chi connectivity index (χ0n) is 7.78. The van der Waals surface area contributed by atoms with Gasteiger partial charge in [-0.2, -0.15) is 0 Å². The van der Waals surface area contributed by atoms with Gasteiger partial charge in [-0.15, -0.1) is 0 Å². The van der Waals surface area contributed by atoms with Crippen molar-refractivity contribution in [1.29, 1.82) is 0 Å². The van der Waals surface area contributed by atoms with Crippen molar-refractivity contribution in [2.45, 2.75) is 0 Å². The molecule has 76 valence electrons. The highest BCUT2D eigenvalue weighted by atomic mass is 32.2. The van der Waals surface area contributed by atoms with Crippen LogP contribution >= 0.6 is 12.1 Å². The van der Waals surface area contributed by atoms with Crippen LogP contribution < -0.4 is 0 Å². The third kappa shape index (κ3) is 3.11. The maximum Gasteiger partial charge on any atom is 0.0603 e. The molecule has 4 nitrogen and oxygen atoms in total. The molecule has 2 heterocycles. The average molecular weight is 204 g/mol. The molecule has 0 atom stereocenters. The van der Waals surface area contributed by atoms with E-state index in [1.54, 1.807) is 0 Å². The topological polar surface area (TPSA) is 24.9 Å². The SMILES string of the molecule is C1CN(SN2CCOCC2)CCO1. The maximum atomic E-state index is 5.29. The van der Waals surface area contributed by atoms with Crippen molar-refractivity contribution < 1.29 is 9.47 Å². The van der Waals surface area contributed by atoms with Crippen LogP contribution in [-0.2, 0) is 9.47 Å². The molecule has 2 aliphatic rings. The van der Waals surface area contributed by atoms with Crippen LogP contribution in [0.2, 0.25) is 0 Å². The van der Waals surface area contributed by atoms with Crippen LogP contribution in [0.1, 0.15) is 0 Å². The van der Waals surface area contributed by atoms with E-state index in [2.05, 4.69) is 8.61 Å². The Labute approximate surface area is 83.4 Å². The molecule has 0 saturated carbocycles. The molecule has 2 fully saturated rings. The Morgan fingerprint density at radius 1 is 0.692 bits per heavy atom. The van der Waals surface area contributed by atoms with Crippen molar-refractivity contribution in [2.24, 2.45) is 0 Å². The number of hydrogen-bond donors (Lipinski definition) is 0. The summed E-state index contributed by atoms with van der Waals surface area (Å²) in [5, 5.41) is 0. The summed E-state index contributed by atoms with van der Waals surface area (Å²) in [7, 11) is 0. The first kappa shape index (κ1) is 9.73. The molecule has 0 aromatic carbocycles. The van der Waals surface area contributed by atoms with Crippen molar-refractivity contribution in [3.05, 3.63) is 0 Å². The second-order valence-electron chi connectivity index (χ2n) is 3.16. The molecule has 0 radical (unpaired) electrons. The Morgan fingerprint density at radius 2 is 1.08 bits per heavy atom. The molecule has 0 bridgehead atoms. The second-order valence-corrected chi connectivity index (χ2v) is 4.36. The minimum atomic E-state index is 0.872. The van der Waals surface area contributed by atoms with Crippen molar-refractivity contribution in [3.63, 3.8) is 0 Å². The normalized spacial score (nSPS) is 27.7. The highest BCUT2D eigenvalue weighted by Gasteiger charge is 2.17. The van der Waals surface area contributed by atoms with E-state index in [1.165, 1.54) is 0 Å². The molecule has 0 spiro atoms. The second kappa shape index (κ2) is 5.17. The highest BCUT2D eigenvalue weighted by Crippen LogP contribution is 2.18. The first-order valence-corrected chi connectivity index (χ1v) is 5.52. The third-order valence-electron chi connectivity index (χ3n) is 2.17. The molecular formula is C8H16N2O2S. The Kier molecular flexibility index (Phi) is 3.87. The average Bonchev–Trinajstić information content (AvgIpc) is 2.21. The molecule has 2 rings (SSSR count). The zero-order chi connectivity index (χ0) is 8.93. The summed E-state index contributed by atoms with van der Waals surface area (Å²) >= 11 is 1.85. The molecular weight excluding hydrogens is 188 g/mol. The summed E-state index contributed by atoms with van der Waals surface area (Å²) in [5.41, 5.74) is 0. The van der Waals surface area contributed by atoms with Crippen LogP contribution in [-0.4, -0.2) is 61.2 Å². The summed E-state index contributed by atoms with van der Waals surface area (Å²) in [6.07, 6.45) is 0. The number of hydrogen-bond acceptors (Lipinski definition) is 5. The molecule has 0 N–H and O–H groups in total. The van der Waals surface area contributed by atoms with Gasteiger partial charge in [0.25, 0.3) is 0 Å². The summed E-state index contributed by atoms with van der Waals surface area (Å²) in [5.74, 6) is 0. The van der Waals surface area contributed by atoms with Crippen molar-refractivity contribution in [2.75, 3.05) is 52.6 Å². The molecule has 0 aromatic heterocycles. The van der Waals surface area contributed by atoms with E-state index >= 15 is 0 Å². The lowest BCUT2D eigenvalue weighted by molar-refractivity contribution is 0.0641. The van der Waals surface area contributed by atoms with Gasteiger partial charge in [0.1, 0.15) is 0 Å². The standard InChI is InChI=1S/C8H16N2O2S/c1-5-11-6-2-9(1)13-10-3-7-12-8-4-10/h1-8H2. The Hall–Kier alpha value is 0.190. The lowest BCUT2D eigenvalue weighted by Crippen LogP contribution is -2.38. The van der Waals surface area contributed by atoms with E-state index in [4.69, 9.17) is 9.47 Å². The molecule has 0 unspecified atom stereocenters. The van der Waals surface area contributed by atoms with Gasteiger partial charge in [-0.05, 0) is 0 Å². The number of rotatable bonds is 2. The first-order chi connectivity index (χ1) is 6.45. The summed E-state index contributed by atoms with van der Waals surface area (Å²) in [6, 6.07) is 0. The van der Waals surface area contributed by atoms with E-state index in [-0.39, 0.29) is 0 Å². The number of ether oxygens (including phenoxy) is 2. The Balaban J connectivity index is 1.69. The quantitative estimate of drug-likeness (QED) is 0.599. The molecule has 0 aromatic rings. The molecule has 0 aliphatic carbocycles. The van der Waals surface area contributed by atoms with Gasteiger partial charge in [-0.25, -0.2) is 8.61 Å². The van der Waals surface area contributed by atoms with E-state index in [0.29, 0.717) is 0 Å². The summed E-state index contributed by atoms with van der Waals surface area (Å²) < 4.78 is 15.3. The fraction of sp³-hybridized carbons (Fsp3) is 1.00. The molecule has 13 heavy (non-hydrogen) atoms. The maximum absolute atomic E-state index is 5.29. The van der Waals surface area contributed by atoms with Crippen LogP contribution in [0.5, 0.6) is 0 Å². The fourth-order valence-corrected chi connectivity index (χ4v) is 2.37. The predicted molar refractivity (Wildman–Crippen MR) is 52.4 cm³/mol. The molecule has 2 aliphatic heterocycles. The van der Waals surface area contributed by atoms with Gasteiger partial charge < -0.3 is 9.47 Å². The number of morpholine rings is 2. The van der Waals surface area contributed by atoms with E-state index in [0.717, 1.165) is 52.6 Å². The summed E-state index contributed by atoms with van der Waals surface area (Å²) in [6.45, 7) is 7.66. The summed E-state index contributed by atoms with van der Waals surface area (Å²) in [4.78, 5) is 0. The molecule has 5 heteroatoms. The smallest absolute Gasteiger partial charge is 0.0603 e. The van der Waals surface area contributed by atoms with Gasteiger partial charge in [0.15, 0.2) is 0 Å². The van der Waals surface area contributed by atoms with Crippen LogP contribution in [0.3, 0.4) is 0 Å². The van der Waals surface area contributed by atoms with Gasteiger partial charge in [0.2, 0.25) is 0 Å². The third-order valence-corrected chi connectivity index (χ3v) is 3.36. The van der Waals surface area contributed by atoms with Gasteiger partial charge in [-0.1, -0.05) is 0 Å². The minimum Gasteiger partial charge on any atom is -0.379 e. The van der Waals surface area contributed by atoms with E-state index in [9.17, 15) is 0 Å². The van der Waals surface area contributed by atoms with E-state index < -0.39 is 0 Å². The predicted octanol–water partition coefficient (Wildman–Crippen LogP) is 0.214. The van der Waals surface area contributed by atoms with Crippen LogP contribution in [0.15, 0.2) is 0 Å². The lowest BCUT2D eigenvalue weighted by atomic mass is 10.5. The molecule has 0 amide bonds. The first-order valence-electron chi connectivity index (χ1n) is 4.78. The lowest BCUT2D eigenvalue weighted by Gasteiger charge is -2.32. The molecule has 2 saturated heterocycles. The minimum absolute atomic E-state index is 0.872. The zero-order valence-corrected chi connectivity index (χ0v) is 8.59. The van der Waals surface area contributed by atoms with Gasteiger partial charge in [0, 0.05) is 38.3 Å². The van der Waals surface area contributed by atoms with Gasteiger partial charge in [-0.3, -0.25) is 0 Å². The largest absolute Gasteiger partial charge is 0.379 e.